The Morgan fingerprint density at radius 2 is 1.53 bits per heavy atom. The molecule has 59 heavy (non-hydrogen) atoms. The monoisotopic (exact) mass is 811 g/mol. The number of esters is 1. The molecule has 5 fully saturated rings. The van der Waals surface area contributed by atoms with Crippen molar-refractivity contribution in [3.63, 3.8) is 0 Å². The van der Waals surface area contributed by atoms with Gasteiger partial charge in [-0.25, -0.2) is 0 Å². The van der Waals surface area contributed by atoms with Crippen LogP contribution in [0.5, 0.6) is 0 Å². The van der Waals surface area contributed by atoms with Gasteiger partial charge in [-0.05, 0) is 146 Å². The molecule has 7 nitrogen and oxygen atoms in total. The smallest absolute Gasteiger partial charge is 0.309 e. The van der Waals surface area contributed by atoms with Gasteiger partial charge in [0.05, 0.1) is 23.4 Å². The van der Waals surface area contributed by atoms with Crippen molar-refractivity contribution in [2.45, 2.75) is 165 Å². The van der Waals surface area contributed by atoms with Crippen molar-refractivity contribution in [1.82, 2.24) is 10.2 Å². The van der Waals surface area contributed by atoms with E-state index in [0.717, 1.165) is 69.8 Å². The third kappa shape index (κ3) is 7.02. The van der Waals surface area contributed by atoms with E-state index in [2.05, 4.69) is 98.0 Å². The molecule has 0 saturated heterocycles. The number of rotatable bonds is 11. The fourth-order valence-electron chi connectivity index (χ4n) is 15.2. The van der Waals surface area contributed by atoms with E-state index < -0.39 is 11.0 Å². The predicted octanol–water partition coefficient (Wildman–Crippen LogP) is 10.2. The van der Waals surface area contributed by atoms with Crippen LogP contribution in [0, 0.1) is 68.0 Å². The van der Waals surface area contributed by atoms with E-state index in [1.165, 1.54) is 11.1 Å². The number of allylic oxidation sites excluding steroid dienone is 1. The third-order valence-electron chi connectivity index (χ3n) is 18.8. The number of likely N-dealkylation sites (N-methyl/N-ethyl adjacent to an activating group) is 1. The summed E-state index contributed by atoms with van der Waals surface area (Å²) < 4.78 is 6.67. The second kappa shape index (κ2) is 14.9. The summed E-state index contributed by atoms with van der Waals surface area (Å²) in [6.45, 7) is 25.4. The fourth-order valence-corrected chi connectivity index (χ4v) is 15.2. The SMILES string of the molecule is CC(C)C1=C2[C@H]3CC[C@@H]4[C@@]5(C)CC[C@H](OC(=O)[C@H]6C[C@@H](Cc7ccccc7)C6(C)C)C(C)(C)[C@@H]5CC[C@@]4(C)[C@]3(C)CC[C@@]2(NC(=O)C(C)(C)CC(=O)CN(C)C)CC1=O. The Morgan fingerprint density at radius 1 is 0.847 bits per heavy atom. The standard InChI is InChI=1S/C52H78N2O5/c1-32(2)42-38(56)30-52(53-45(58)46(3,4)29-35(55)31-54(12)13)26-25-50(10)36(43(42)52)19-20-40-49(9)23-22-41(48(7,8)39(49)21-24-51(40,50)11)59-44(57)37-28-34(47(37,5)6)27-33-17-15-14-16-18-33/h14-18,32,34,36-37,39-41H,19-31H2,1-13H3,(H,53,58)/t34-,36-,37-,39+,40-,41+,49+,50-,51-,52-/m1/s1. The van der Waals surface area contributed by atoms with Crippen LogP contribution < -0.4 is 5.32 Å². The van der Waals surface area contributed by atoms with Gasteiger partial charge >= 0.3 is 5.97 Å². The Labute approximate surface area is 357 Å². The molecular formula is C52H78N2O5. The summed E-state index contributed by atoms with van der Waals surface area (Å²) in [6.07, 6.45) is 10.3. The molecule has 6 aliphatic carbocycles. The second-order valence-corrected chi connectivity index (χ2v) is 23.9. The molecular weight excluding hydrogens is 733 g/mol. The van der Waals surface area contributed by atoms with Gasteiger partial charge in [-0.2, -0.15) is 0 Å². The van der Waals surface area contributed by atoms with Gasteiger partial charge in [0, 0.05) is 18.3 Å². The van der Waals surface area contributed by atoms with Gasteiger partial charge in [-0.15, -0.1) is 0 Å². The van der Waals surface area contributed by atoms with Crippen molar-refractivity contribution < 1.29 is 23.9 Å². The number of amides is 1. The minimum atomic E-state index is -0.882. The Balaban J connectivity index is 1.10. The molecule has 1 aromatic carbocycles. The van der Waals surface area contributed by atoms with Crippen molar-refractivity contribution in [3.05, 3.63) is 47.0 Å². The first-order valence-electron chi connectivity index (χ1n) is 23.4. The average molecular weight is 811 g/mol. The first kappa shape index (κ1) is 44.3. The van der Waals surface area contributed by atoms with Crippen molar-refractivity contribution in [2.75, 3.05) is 20.6 Å². The molecule has 1 aromatic rings. The summed E-state index contributed by atoms with van der Waals surface area (Å²) in [5, 5.41) is 3.54. The van der Waals surface area contributed by atoms with Crippen LogP contribution in [0.25, 0.3) is 0 Å². The van der Waals surface area contributed by atoms with Gasteiger partial charge < -0.3 is 15.0 Å². The number of benzene rings is 1. The summed E-state index contributed by atoms with van der Waals surface area (Å²) in [7, 11) is 3.75. The van der Waals surface area contributed by atoms with Crippen LogP contribution >= 0.6 is 0 Å². The van der Waals surface area contributed by atoms with E-state index >= 15 is 0 Å². The Morgan fingerprint density at radius 3 is 2.15 bits per heavy atom. The first-order chi connectivity index (χ1) is 27.3. The highest BCUT2D eigenvalue weighted by Crippen LogP contribution is 2.76. The highest BCUT2D eigenvalue weighted by molar-refractivity contribution is 6.02. The second-order valence-electron chi connectivity index (χ2n) is 23.9. The number of Topliss-reactive ketones (excluding diaryl/α,β-unsaturated/α-hetero) is 2. The van der Waals surface area contributed by atoms with Crippen molar-refractivity contribution in [3.8, 4) is 0 Å². The minimum absolute atomic E-state index is 0.0105. The van der Waals surface area contributed by atoms with E-state index in [0.29, 0.717) is 30.7 Å². The topological polar surface area (TPSA) is 92.8 Å². The van der Waals surface area contributed by atoms with E-state index in [-0.39, 0.29) is 80.8 Å². The zero-order valence-corrected chi connectivity index (χ0v) is 39.1. The summed E-state index contributed by atoms with van der Waals surface area (Å²) >= 11 is 0. The number of carbonyl (C=O) groups is 4. The quantitative estimate of drug-likeness (QED) is 0.224. The third-order valence-corrected chi connectivity index (χ3v) is 18.8. The predicted molar refractivity (Wildman–Crippen MR) is 235 cm³/mol. The van der Waals surface area contributed by atoms with Crippen LogP contribution in [0.2, 0.25) is 0 Å². The molecule has 10 atom stereocenters. The Hall–Kier alpha value is -2.80. The average Bonchev–Trinajstić information content (AvgIpc) is 3.42. The molecule has 6 aliphatic rings. The van der Waals surface area contributed by atoms with E-state index in [1.807, 2.05) is 32.8 Å². The molecule has 7 heteroatoms. The molecule has 0 heterocycles. The Bertz CT molecular complexity index is 1870. The molecule has 1 N–H and O–H groups in total. The highest BCUT2D eigenvalue weighted by atomic mass is 16.5. The summed E-state index contributed by atoms with van der Waals surface area (Å²) in [5.41, 5.74) is 1.85. The van der Waals surface area contributed by atoms with Crippen LogP contribution in [0.3, 0.4) is 0 Å². The number of fused-ring (bicyclic) bond motifs is 7. The Kier molecular flexibility index (Phi) is 11.2. The van der Waals surface area contributed by atoms with Crippen LogP contribution in [0.15, 0.2) is 41.5 Å². The largest absolute Gasteiger partial charge is 0.462 e. The van der Waals surface area contributed by atoms with Gasteiger partial charge in [0.15, 0.2) is 5.78 Å². The van der Waals surface area contributed by atoms with E-state index in [1.54, 1.807) is 0 Å². The van der Waals surface area contributed by atoms with Gasteiger partial charge in [-0.3, -0.25) is 19.2 Å². The number of nitrogens with one attached hydrogen (secondary N) is 1. The minimum Gasteiger partial charge on any atom is -0.462 e. The van der Waals surface area contributed by atoms with Crippen molar-refractivity contribution >= 4 is 23.4 Å². The van der Waals surface area contributed by atoms with Gasteiger partial charge in [0.1, 0.15) is 11.9 Å². The van der Waals surface area contributed by atoms with Crippen molar-refractivity contribution in [1.29, 1.82) is 0 Å². The molecule has 0 unspecified atom stereocenters. The molecule has 0 spiro atoms. The maximum absolute atomic E-state index is 14.3. The maximum Gasteiger partial charge on any atom is 0.309 e. The van der Waals surface area contributed by atoms with Crippen LogP contribution in [0.4, 0.5) is 0 Å². The number of hydrogen-bond acceptors (Lipinski definition) is 6. The zero-order chi connectivity index (χ0) is 43.3. The van der Waals surface area contributed by atoms with Gasteiger partial charge in [-0.1, -0.05) is 106 Å². The molecule has 0 bridgehead atoms. The van der Waals surface area contributed by atoms with E-state index in [4.69, 9.17) is 4.74 Å². The number of ketones is 2. The molecule has 5 saturated carbocycles. The fraction of sp³-hybridized carbons (Fsp3) is 0.769. The van der Waals surface area contributed by atoms with Crippen molar-refractivity contribution in [2.24, 2.45) is 68.0 Å². The number of carbonyl (C=O) groups excluding carboxylic acids is 4. The first-order valence-corrected chi connectivity index (χ1v) is 23.4. The van der Waals surface area contributed by atoms with Gasteiger partial charge in [0.2, 0.25) is 5.91 Å². The lowest BCUT2D eigenvalue weighted by Gasteiger charge is -2.72. The zero-order valence-electron chi connectivity index (χ0n) is 39.1. The number of ether oxygens (including phenoxy) is 1. The van der Waals surface area contributed by atoms with Crippen LogP contribution in [-0.2, 0) is 30.3 Å². The summed E-state index contributed by atoms with van der Waals surface area (Å²) in [4.78, 5) is 57.3. The highest BCUT2D eigenvalue weighted by Gasteiger charge is 2.70. The molecule has 0 radical (unpaired) electrons. The lowest BCUT2D eigenvalue weighted by Crippen LogP contribution is -2.67. The molecule has 7 rings (SSSR count). The lowest BCUT2D eigenvalue weighted by atomic mass is 9.33. The molecule has 0 aliphatic heterocycles. The summed E-state index contributed by atoms with van der Waals surface area (Å²) in [5.74, 6) is 1.79. The molecule has 1 amide bonds. The molecule has 326 valence electrons. The normalized spacial score (nSPS) is 38.5. The summed E-state index contributed by atoms with van der Waals surface area (Å²) in [6, 6.07) is 10.7. The number of hydrogen-bond donors (Lipinski definition) is 1. The maximum atomic E-state index is 14.3. The van der Waals surface area contributed by atoms with Crippen LogP contribution in [-0.4, -0.2) is 60.6 Å². The van der Waals surface area contributed by atoms with Crippen LogP contribution in [0.1, 0.15) is 152 Å². The van der Waals surface area contributed by atoms with E-state index in [9.17, 15) is 19.2 Å². The molecule has 0 aromatic heterocycles. The van der Waals surface area contributed by atoms with Gasteiger partial charge in [0.25, 0.3) is 0 Å². The number of nitrogens with zero attached hydrogens (tertiary/aromatic N) is 1. The lowest BCUT2D eigenvalue weighted by molar-refractivity contribution is -0.235.